The Morgan fingerprint density at radius 1 is 1.13 bits per heavy atom. The van der Waals surface area contributed by atoms with Gasteiger partial charge in [-0.1, -0.05) is 18.2 Å². The number of benzene rings is 2. The van der Waals surface area contributed by atoms with E-state index in [0.29, 0.717) is 29.3 Å². The molecule has 0 N–H and O–H groups in total. The number of hydrogen-bond donors (Lipinski definition) is 0. The zero-order chi connectivity index (χ0) is 20.9. The predicted octanol–water partition coefficient (Wildman–Crippen LogP) is 5.39. The molecule has 5 nitrogen and oxygen atoms in total. The molecule has 0 saturated heterocycles. The van der Waals surface area contributed by atoms with Crippen LogP contribution in [0.4, 0.5) is 4.39 Å². The van der Waals surface area contributed by atoms with Crippen molar-refractivity contribution in [3.63, 3.8) is 0 Å². The van der Waals surface area contributed by atoms with Gasteiger partial charge in [0.25, 0.3) is 5.91 Å². The van der Waals surface area contributed by atoms with Crippen molar-refractivity contribution >= 4 is 17.2 Å². The lowest BCUT2D eigenvalue weighted by Crippen LogP contribution is -2.26. The third kappa shape index (κ3) is 4.58. The summed E-state index contributed by atoms with van der Waals surface area (Å²) in [6.07, 6.45) is 1.58. The van der Waals surface area contributed by atoms with Crippen LogP contribution in [0, 0.1) is 5.82 Å². The Balaban J connectivity index is 1.39. The van der Waals surface area contributed by atoms with Gasteiger partial charge in [-0.05, 0) is 42.5 Å². The number of hydrogen-bond acceptors (Lipinski definition) is 5. The van der Waals surface area contributed by atoms with Gasteiger partial charge in [-0.25, -0.2) is 9.37 Å². The molecule has 0 spiro atoms. The number of rotatable bonds is 7. The molecular weight excluding hydrogens is 403 g/mol. The summed E-state index contributed by atoms with van der Waals surface area (Å²) in [6.45, 7) is 0.538. The summed E-state index contributed by atoms with van der Waals surface area (Å²) >= 11 is 1.40. The number of carbonyl (C=O) groups is 1. The molecule has 4 aromatic rings. The number of carbonyl (C=O) groups excluding carboxylic acids is 1. The summed E-state index contributed by atoms with van der Waals surface area (Å²) in [6, 6.07) is 17.5. The van der Waals surface area contributed by atoms with Crippen molar-refractivity contribution in [2.24, 2.45) is 0 Å². The zero-order valence-corrected chi connectivity index (χ0v) is 17.1. The van der Waals surface area contributed by atoms with E-state index in [0.717, 1.165) is 10.6 Å². The van der Waals surface area contributed by atoms with Gasteiger partial charge in [0, 0.05) is 23.6 Å². The maximum atomic E-state index is 13.7. The number of ether oxygens (including phenoxy) is 1. The number of aromatic nitrogens is 1. The average Bonchev–Trinajstić information content (AvgIpc) is 3.45. The molecule has 152 valence electrons. The van der Waals surface area contributed by atoms with Gasteiger partial charge in [0.05, 0.1) is 12.8 Å². The first-order chi connectivity index (χ1) is 14.6. The SMILES string of the molecule is CN(Cc1ccco1)C(=O)c1csc(-c2ccc(OCc3ccccc3F)cc2)n1. The van der Waals surface area contributed by atoms with Gasteiger partial charge in [0.2, 0.25) is 0 Å². The molecule has 4 rings (SSSR count). The van der Waals surface area contributed by atoms with Gasteiger partial charge in [-0.15, -0.1) is 11.3 Å². The minimum absolute atomic E-state index is 0.157. The molecule has 0 atom stereocenters. The number of nitrogens with zero attached hydrogens (tertiary/aromatic N) is 2. The molecule has 0 aliphatic carbocycles. The lowest BCUT2D eigenvalue weighted by atomic mass is 10.2. The first-order valence-corrected chi connectivity index (χ1v) is 10.2. The van der Waals surface area contributed by atoms with Gasteiger partial charge in [0.1, 0.15) is 34.6 Å². The normalized spacial score (nSPS) is 10.7. The van der Waals surface area contributed by atoms with Crippen LogP contribution in [-0.4, -0.2) is 22.8 Å². The molecule has 2 aromatic carbocycles. The molecule has 0 aliphatic heterocycles. The maximum absolute atomic E-state index is 13.7. The monoisotopic (exact) mass is 422 g/mol. The maximum Gasteiger partial charge on any atom is 0.273 e. The van der Waals surface area contributed by atoms with Crippen LogP contribution in [0.5, 0.6) is 5.75 Å². The molecule has 2 heterocycles. The average molecular weight is 422 g/mol. The van der Waals surface area contributed by atoms with Crippen LogP contribution in [0.1, 0.15) is 21.8 Å². The van der Waals surface area contributed by atoms with Crippen LogP contribution >= 0.6 is 11.3 Å². The third-order valence-electron chi connectivity index (χ3n) is 4.50. The summed E-state index contributed by atoms with van der Waals surface area (Å²) in [4.78, 5) is 18.6. The number of furan rings is 1. The molecule has 0 bridgehead atoms. The Morgan fingerprint density at radius 2 is 1.93 bits per heavy atom. The van der Waals surface area contributed by atoms with Crippen molar-refractivity contribution in [2.45, 2.75) is 13.2 Å². The second-order valence-corrected chi connectivity index (χ2v) is 7.54. The van der Waals surface area contributed by atoms with E-state index in [9.17, 15) is 9.18 Å². The van der Waals surface area contributed by atoms with Gasteiger partial charge >= 0.3 is 0 Å². The van der Waals surface area contributed by atoms with Crippen molar-refractivity contribution in [2.75, 3.05) is 7.05 Å². The smallest absolute Gasteiger partial charge is 0.273 e. The summed E-state index contributed by atoms with van der Waals surface area (Å²) in [7, 11) is 1.71. The molecule has 0 aliphatic rings. The summed E-state index contributed by atoms with van der Waals surface area (Å²) < 4.78 is 24.6. The van der Waals surface area contributed by atoms with Crippen molar-refractivity contribution < 1.29 is 18.3 Å². The second-order valence-electron chi connectivity index (χ2n) is 6.68. The van der Waals surface area contributed by atoms with Crippen molar-refractivity contribution in [1.82, 2.24) is 9.88 Å². The Kier molecular flexibility index (Phi) is 5.90. The van der Waals surface area contributed by atoms with Crippen LogP contribution in [0.3, 0.4) is 0 Å². The molecule has 0 saturated carbocycles. The Labute approximate surface area is 177 Å². The van der Waals surface area contributed by atoms with E-state index >= 15 is 0 Å². The highest BCUT2D eigenvalue weighted by Crippen LogP contribution is 2.27. The van der Waals surface area contributed by atoms with E-state index in [-0.39, 0.29) is 18.3 Å². The molecule has 0 fully saturated rings. The van der Waals surface area contributed by atoms with Gasteiger partial charge in [-0.3, -0.25) is 4.79 Å². The fourth-order valence-electron chi connectivity index (χ4n) is 2.88. The topological polar surface area (TPSA) is 55.6 Å². The Hall–Kier alpha value is -3.45. The van der Waals surface area contributed by atoms with Crippen LogP contribution < -0.4 is 4.74 Å². The highest BCUT2D eigenvalue weighted by molar-refractivity contribution is 7.13. The van der Waals surface area contributed by atoms with E-state index < -0.39 is 0 Å². The minimum atomic E-state index is -0.286. The highest BCUT2D eigenvalue weighted by atomic mass is 32.1. The fraction of sp³-hybridized carbons (Fsp3) is 0.130. The third-order valence-corrected chi connectivity index (χ3v) is 5.39. The second kappa shape index (κ2) is 8.92. The summed E-state index contributed by atoms with van der Waals surface area (Å²) in [5.74, 6) is 0.894. The van der Waals surface area contributed by atoms with Crippen molar-refractivity contribution in [1.29, 1.82) is 0 Å². The first-order valence-electron chi connectivity index (χ1n) is 9.30. The van der Waals surface area contributed by atoms with Crippen LogP contribution in [0.2, 0.25) is 0 Å². The standard InChI is InChI=1S/C23H19FN2O3S/c1-26(13-19-6-4-12-28-19)23(27)21-15-30-22(25-21)16-8-10-18(11-9-16)29-14-17-5-2-3-7-20(17)24/h2-12,15H,13-14H2,1H3. The van der Waals surface area contributed by atoms with Crippen LogP contribution in [0.15, 0.2) is 76.7 Å². The summed E-state index contributed by atoms with van der Waals surface area (Å²) in [5, 5.41) is 2.49. The molecule has 0 unspecified atom stereocenters. The molecular formula is C23H19FN2O3S. The molecule has 2 aromatic heterocycles. The largest absolute Gasteiger partial charge is 0.489 e. The lowest BCUT2D eigenvalue weighted by molar-refractivity contribution is 0.0770. The minimum Gasteiger partial charge on any atom is -0.489 e. The molecule has 1 amide bonds. The van der Waals surface area contributed by atoms with Crippen molar-refractivity contribution in [3.8, 4) is 16.3 Å². The number of thiazole rings is 1. The zero-order valence-electron chi connectivity index (χ0n) is 16.2. The highest BCUT2D eigenvalue weighted by Gasteiger charge is 2.17. The Morgan fingerprint density at radius 3 is 2.67 bits per heavy atom. The van der Waals surface area contributed by atoms with Gasteiger partial charge in [-0.2, -0.15) is 0 Å². The molecule has 7 heteroatoms. The Bertz CT molecular complexity index is 1120. The summed E-state index contributed by atoms with van der Waals surface area (Å²) in [5.41, 5.74) is 1.78. The van der Waals surface area contributed by atoms with Gasteiger partial charge < -0.3 is 14.1 Å². The van der Waals surface area contributed by atoms with Crippen LogP contribution in [0.25, 0.3) is 10.6 Å². The molecule has 30 heavy (non-hydrogen) atoms. The number of halogens is 1. The lowest BCUT2D eigenvalue weighted by Gasteiger charge is -2.13. The van der Waals surface area contributed by atoms with E-state index in [4.69, 9.17) is 9.15 Å². The molecule has 0 radical (unpaired) electrons. The van der Waals surface area contributed by atoms with E-state index in [1.165, 1.54) is 17.4 Å². The van der Waals surface area contributed by atoms with E-state index in [1.54, 1.807) is 47.9 Å². The number of amides is 1. The van der Waals surface area contributed by atoms with E-state index in [1.807, 2.05) is 30.3 Å². The fourth-order valence-corrected chi connectivity index (χ4v) is 3.68. The quantitative estimate of drug-likeness (QED) is 0.401. The predicted molar refractivity (Wildman–Crippen MR) is 113 cm³/mol. The van der Waals surface area contributed by atoms with Crippen LogP contribution in [-0.2, 0) is 13.2 Å². The first kappa shape index (κ1) is 19.8. The van der Waals surface area contributed by atoms with Gasteiger partial charge in [0.15, 0.2) is 0 Å². The van der Waals surface area contributed by atoms with Crippen molar-refractivity contribution in [3.05, 3.63) is 95.1 Å². The van der Waals surface area contributed by atoms with E-state index in [2.05, 4.69) is 4.98 Å².